The van der Waals surface area contributed by atoms with Gasteiger partial charge in [-0.05, 0) is 0 Å². The van der Waals surface area contributed by atoms with Crippen LogP contribution >= 0.6 is 9.69 Å². The molecular formula is H3BClNaZn. The van der Waals surface area contributed by atoms with E-state index in [1.807, 2.05) is 0 Å². The third kappa shape index (κ3) is 9.02. The van der Waals surface area contributed by atoms with Gasteiger partial charge in [0.05, 0.1) is 0 Å². The van der Waals surface area contributed by atoms with Crippen molar-refractivity contribution < 1.29 is 15.9 Å². The molecule has 0 aromatic rings. The van der Waals surface area contributed by atoms with E-state index in [4.69, 9.17) is 9.69 Å². The van der Waals surface area contributed by atoms with Gasteiger partial charge in [-0.25, -0.2) is 0 Å². The fraction of sp³-hybridized carbons (Fsp3) is 0. The molecule has 0 spiro atoms. The molecule has 0 aliphatic rings. The van der Waals surface area contributed by atoms with Crippen LogP contribution < -0.4 is 0 Å². The molecule has 0 aliphatic heterocycles. The summed E-state index contributed by atoms with van der Waals surface area (Å²) in [4.78, 5) is 0. The van der Waals surface area contributed by atoms with Gasteiger partial charge in [0.15, 0.2) is 0 Å². The first-order valence-electron chi connectivity index (χ1n) is 0.974. The molecule has 0 aromatic carbocycles. The van der Waals surface area contributed by atoms with Gasteiger partial charge in [0.25, 0.3) is 0 Å². The number of rotatable bonds is 0. The van der Waals surface area contributed by atoms with Crippen LogP contribution in [0.1, 0.15) is 0 Å². The molecule has 0 saturated carbocycles. The Bertz CT molecular complexity index is 8.00. The summed E-state index contributed by atoms with van der Waals surface area (Å²) in [6.07, 6.45) is 2.08. The summed E-state index contributed by atoms with van der Waals surface area (Å²) in [5, 5.41) is 0. The Morgan fingerprint density at radius 3 is 1.75 bits per heavy atom. The summed E-state index contributed by atoms with van der Waals surface area (Å²) >= 11 is -0.403. The van der Waals surface area contributed by atoms with Crippen molar-refractivity contribution in [3.63, 3.8) is 0 Å². The second-order valence-electron chi connectivity index (χ2n) is 0.267. The van der Waals surface area contributed by atoms with Gasteiger partial charge < -0.3 is 0 Å². The van der Waals surface area contributed by atoms with Gasteiger partial charge in [-0.1, -0.05) is 0 Å². The van der Waals surface area contributed by atoms with Gasteiger partial charge in [-0.3, -0.25) is 0 Å². The van der Waals surface area contributed by atoms with Crippen LogP contribution in [0.15, 0.2) is 0 Å². The summed E-state index contributed by atoms with van der Waals surface area (Å²) in [7, 11) is 5.19. The van der Waals surface area contributed by atoms with Gasteiger partial charge >= 0.3 is 61.5 Å². The molecule has 0 fully saturated rings. The first-order valence-corrected chi connectivity index (χ1v) is 7.84. The van der Waals surface area contributed by atoms with Crippen molar-refractivity contribution in [1.82, 2.24) is 0 Å². The Kier molecular flexibility index (Phi) is 20.8. The Hall–Kier alpha value is 1.98. The monoisotopic (exact) mass is 136 g/mol. The normalized spacial score (nSPS) is 2.25. The van der Waals surface area contributed by atoms with Crippen molar-refractivity contribution in [2.75, 3.05) is 0 Å². The molecule has 0 unspecified atom stereocenters. The molecule has 0 heterocycles. The molecule has 16 valence electrons. The molecule has 4 heteroatoms. The summed E-state index contributed by atoms with van der Waals surface area (Å²) in [6, 6.07) is 0. The van der Waals surface area contributed by atoms with Gasteiger partial charge in [0.2, 0.25) is 0 Å². The van der Waals surface area contributed by atoms with Crippen molar-refractivity contribution in [1.29, 1.82) is 0 Å². The van der Waals surface area contributed by atoms with Gasteiger partial charge in [-0.15, -0.1) is 0 Å². The van der Waals surface area contributed by atoms with Crippen LogP contribution in [0.25, 0.3) is 0 Å². The minimum absolute atomic E-state index is 0. The Labute approximate surface area is 60.8 Å². The summed E-state index contributed by atoms with van der Waals surface area (Å²) in [6.45, 7) is 0. The molecule has 0 radical (unpaired) electrons. The average Bonchev–Trinajstić information content (AvgIpc) is 0.918. The van der Waals surface area contributed by atoms with E-state index in [1.54, 1.807) is 0 Å². The maximum absolute atomic E-state index is 5.19. The van der Waals surface area contributed by atoms with E-state index >= 15 is 0 Å². The topological polar surface area (TPSA) is 0 Å². The van der Waals surface area contributed by atoms with Crippen LogP contribution in [0.2, 0.25) is 0 Å². The molecule has 4 heavy (non-hydrogen) atoms. The van der Waals surface area contributed by atoms with Crippen LogP contribution in [0.4, 0.5) is 0 Å². The number of hydrogen-bond donors (Lipinski definition) is 0. The van der Waals surface area contributed by atoms with Crippen molar-refractivity contribution in [2.45, 2.75) is 0 Å². The summed E-state index contributed by atoms with van der Waals surface area (Å²) < 4.78 is 0. The van der Waals surface area contributed by atoms with Gasteiger partial charge in [-0.2, -0.15) is 0 Å². The fourth-order valence-electron chi connectivity index (χ4n) is 0. The van der Waals surface area contributed by atoms with E-state index in [0.29, 0.717) is 0 Å². The SMILES string of the molecule is [BH2][Zn][Cl].[NaH]. The van der Waals surface area contributed by atoms with Gasteiger partial charge in [0.1, 0.15) is 0 Å². The third-order valence-corrected chi connectivity index (χ3v) is 0. The van der Waals surface area contributed by atoms with Crippen LogP contribution in [0.5, 0.6) is 0 Å². The zero-order chi connectivity index (χ0) is 2.71. The predicted molar refractivity (Wildman–Crippen MR) is 21.5 cm³/mol. The fourth-order valence-corrected chi connectivity index (χ4v) is 0. The average molecular weight is 138 g/mol. The standard InChI is InChI=1S/BH2.ClH.Na.Zn.H/h1H2;1H;;;/q+1;;;;/p-1. The second-order valence-corrected chi connectivity index (χ2v) is 4.17. The van der Waals surface area contributed by atoms with Crippen LogP contribution in [-0.4, -0.2) is 35.9 Å². The van der Waals surface area contributed by atoms with Crippen molar-refractivity contribution in [3.05, 3.63) is 0 Å². The quantitative estimate of drug-likeness (QED) is 0.381. The zero-order valence-electron chi connectivity index (χ0n) is 2.09. The number of halogens is 1. The van der Waals surface area contributed by atoms with E-state index in [-0.39, 0.29) is 29.6 Å². The summed E-state index contributed by atoms with van der Waals surface area (Å²) in [5.41, 5.74) is 0. The molecular weight excluding hydrogens is 135 g/mol. The van der Waals surface area contributed by atoms with Crippen molar-refractivity contribution in [3.8, 4) is 0 Å². The molecule has 0 bridgehead atoms. The van der Waals surface area contributed by atoms with E-state index in [2.05, 4.69) is 6.33 Å². The molecule has 0 nitrogen and oxygen atoms in total. The van der Waals surface area contributed by atoms with Gasteiger partial charge in [0, 0.05) is 0 Å². The third-order valence-electron chi connectivity index (χ3n) is 0. The second kappa shape index (κ2) is 8.88. The zero-order valence-corrected chi connectivity index (χ0v) is 5.81. The van der Waals surface area contributed by atoms with E-state index in [0.717, 1.165) is 0 Å². The Balaban J connectivity index is 0. The molecule has 0 atom stereocenters. The molecule has 0 aliphatic carbocycles. The van der Waals surface area contributed by atoms with E-state index < -0.39 is 15.9 Å². The Morgan fingerprint density at radius 2 is 1.75 bits per heavy atom. The van der Waals surface area contributed by atoms with Crippen molar-refractivity contribution >= 4 is 45.6 Å². The first-order chi connectivity index (χ1) is 1.41. The van der Waals surface area contributed by atoms with Crippen LogP contribution in [-0.2, 0) is 15.9 Å². The van der Waals surface area contributed by atoms with E-state index in [9.17, 15) is 0 Å². The molecule has 0 N–H and O–H groups in total. The predicted octanol–water partition coefficient (Wildman–Crippen LogP) is -0.878. The van der Waals surface area contributed by atoms with E-state index in [1.165, 1.54) is 0 Å². The minimum atomic E-state index is -0.403. The van der Waals surface area contributed by atoms with Crippen LogP contribution in [0.3, 0.4) is 0 Å². The first kappa shape index (κ1) is 9.36. The Morgan fingerprint density at radius 1 is 1.75 bits per heavy atom. The molecule has 0 saturated heterocycles. The molecule has 0 aromatic heterocycles. The molecule has 0 amide bonds. The molecule has 0 rings (SSSR count). The van der Waals surface area contributed by atoms with Crippen LogP contribution in [0, 0.1) is 0 Å². The summed E-state index contributed by atoms with van der Waals surface area (Å²) in [5.74, 6) is 0. The van der Waals surface area contributed by atoms with Crippen molar-refractivity contribution in [2.24, 2.45) is 0 Å². The number of hydrogen-bond acceptors (Lipinski definition) is 0. The maximum atomic E-state index is 5.19.